The van der Waals surface area contributed by atoms with Gasteiger partial charge in [-0.2, -0.15) is 0 Å². The van der Waals surface area contributed by atoms with Crippen LogP contribution >= 0.6 is 0 Å². The van der Waals surface area contributed by atoms with E-state index in [9.17, 15) is 9.59 Å². The molecule has 5 rings (SSSR count). The molecular weight excluding hydrogens is 490 g/mol. The summed E-state index contributed by atoms with van der Waals surface area (Å²) in [5.41, 5.74) is 8.27. The third-order valence-electron chi connectivity index (χ3n) is 7.32. The lowest BCUT2D eigenvalue weighted by molar-refractivity contribution is 0.105. The van der Waals surface area contributed by atoms with E-state index in [0.29, 0.717) is 12.3 Å². The maximum atomic E-state index is 12.5. The third kappa shape index (κ3) is 6.13. The van der Waals surface area contributed by atoms with Crippen LogP contribution in [0.4, 0.5) is 5.82 Å². The fraction of sp³-hybridized carbons (Fsp3) is 0.290. The molecule has 4 aromatic rings. The minimum absolute atomic E-state index is 0.107. The number of ether oxygens (including phenoxy) is 1. The summed E-state index contributed by atoms with van der Waals surface area (Å²) in [6.07, 6.45) is 0.926. The van der Waals surface area contributed by atoms with Crippen LogP contribution in [0, 0.1) is 0 Å². The minimum atomic E-state index is -0.479. The van der Waals surface area contributed by atoms with Gasteiger partial charge in [-0.05, 0) is 41.8 Å². The predicted octanol–water partition coefficient (Wildman–Crippen LogP) is 3.29. The summed E-state index contributed by atoms with van der Waals surface area (Å²) in [6.45, 7) is 5.69. The molecule has 39 heavy (non-hydrogen) atoms. The van der Waals surface area contributed by atoms with Crippen LogP contribution in [-0.2, 0) is 7.05 Å². The van der Waals surface area contributed by atoms with Gasteiger partial charge in [-0.15, -0.1) is 0 Å². The number of hydrogen-bond acceptors (Lipinski definition) is 6. The van der Waals surface area contributed by atoms with E-state index in [2.05, 4.69) is 70.5 Å². The Morgan fingerprint density at radius 2 is 1.41 bits per heavy atom. The highest BCUT2D eigenvalue weighted by Gasteiger charge is 2.26. The van der Waals surface area contributed by atoms with Gasteiger partial charge in [-0.3, -0.25) is 14.3 Å². The summed E-state index contributed by atoms with van der Waals surface area (Å²) >= 11 is 0. The molecule has 8 nitrogen and oxygen atoms in total. The Morgan fingerprint density at radius 1 is 0.821 bits per heavy atom. The standard InChI is InChI=1S/C31H35N5O3/c1-33-29(37)23-28(32)36(31(33)38)26-13-15-27(16-14-26)39-22-8-17-34-18-20-35(21-19-34)30(24-9-4-2-5-10-24)25-11-6-3-7-12-25/h2-7,9-16,23,30H,8,17-22,32H2,1H3. The molecule has 0 saturated carbocycles. The molecule has 2 heterocycles. The van der Waals surface area contributed by atoms with Crippen molar-refractivity contribution in [3.63, 3.8) is 0 Å². The number of nitrogens with zero attached hydrogens (tertiary/aromatic N) is 4. The molecule has 0 unspecified atom stereocenters. The zero-order valence-corrected chi connectivity index (χ0v) is 22.3. The molecule has 0 aliphatic carbocycles. The van der Waals surface area contributed by atoms with Gasteiger partial charge in [-0.1, -0.05) is 60.7 Å². The predicted molar refractivity (Wildman–Crippen MR) is 155 cm³/mol. The first-order valence-corrected chi connectivity index (χ1v) is 13.4. The summed E-state index contributed by atoms with van der Waals surface area (Å²) in [5, 5.41) is 0. The molecule has 0 bridgehead atoms. The smallest absolute Gasteiger partial charge is 0.336 e. The van der Waals surface area contributed by atoms with E-state index in [1.165, 1.54) is 28.8 Å². The first kappa shape index (κ1) is 26.5. The average Bonchev–Trinajstić information content (AvgIpc) is 2.97. The van der Waals surface area contributed by atoms with Crippen molar-refractivity contribution in [3.05, 3.63) is 123 Å². The summed E-state index contributed by atoms with van der Waals surface area (Å²) < 4.78 is 8.30. The van der Waals surface area contributed by atoms with Crippen LogP contribution in [0.2, 0.25) is 0 Å². The van der Waals surface area contributed by atoms with Gasteiger partial charge in [0.25, 0.3) is 5.56 Å². The van der Waals surface area contributed by atoms with E-state index in [4.69, 9.17) is 10.5 Å². The monoisotopic (exact) mass is 525 g/mol. The Bertz CT molecular complexity index is 1440. The van der Waals surface area contributed by atoms with Crippen LogP contribution in [0.15, 0.2) is 101 Å². The Kier molecular flexibility index (Phi) is 8.24. The van der Waals surface area contributed by atoms with Crippen molar-refractivity contribution in [1.29, 1.82) is 0 Å². The number of anilines is 1. The first-order valence-electron chi connectivity index (χ1n) is 13.4. The molecule has 1 fully saturated rings. The van der Waals surface area contributed by atoms with Crippen molar-refractivity contribution in [1.82, 2.24) is 18.9 Å². The van der Waals surface area contributed by atoms with E-state index < -0.39 is 11.2 Å². The van der Waals surface area contributed by atoms with Crippen LogP contribution < -0.4 is 21.7 Å². The van der Waals surface area contributed by atoms with E-state index >= 15 is 0 Å². The molecule has 8 heteroatoms. The molecule has 1 saturated heterocycles. The maximum absolute atomic E-state index is 12.5. The highest BCUT2D eigenvalue weighted by molar-refractivity contribution is 5.44. The number of aromatic nitrogens is 2. The normalized spacial score (nSPS) is 14.5. The van der Waals surface area contributed by atoms with Crippen molar-refractivity contribution in [2.45, 2.75) is 12.5 Å². The molecule has 1 aromatic heterocycles. The second-order valence-corrected chi connectivity index (χ2v) is 9.88. The van der Waals surface area contributed by atoms with Gasteiger partial charge >= 0.3 is 5.69 Å². The Hall–Kier alpha value is -4.14. The summed E-state index contributed by atoms with van der Waals surface area (Å²) in [7, 11) is 1.43. The van der Waals surface area contributed by atoms with E-state index in [0.717, 1.165) is 49.5 Å². The largest absolute Gasteiger partial charge is 0.494 e. The van der Waals surface area contributed by atoms with Crippen LogP contribution in [0.5, 0.6) is 5.75 Å². The molecule has 0 amide bonds. The summed E-state index contributed by atoms with van der Waals surface area (Å²) in [6, 6.07) is 30.2. The van der Waals surface area contributed by atoms with Crippen molar-refractivity contribution < 1.29 is 4.74 Å². The number of benzene rings is 3. The zero-order valence-electron chi connectivity index (χ0n) is 22.3. The molecule has 0 atom stereocenters. The molecular formula is C31H35N5O3. The van der Waals surface area contributed by atoms with Gasteiger partial charge in [0.1, 0.15) is 11.6 Å². The highest BCUT2D eigenvalue weighted by atomic mass is 16.5. The van der Waals surface area contributed by atoms with Gasteiger partial charge in [-0.25, -0.2) is 9.36 Å². The second-order valence-electron chi connectivity index (χ2n) is 9.88. The van der Waals surface area contributed by atoms with Crippen molar-refractivity contribution in [2.24, 2.45) is 7.05 Å². The van der Waals surface area contributed by atoms with Gasteiger partial charge in [0, 0.05) is 45.8 Å². The van der Waals surface area contributed by atoms with Gasteiger partial charge in [0.05, 0.1) is 18.3 Å². The molecule has 3 aromatic carbocycles. The van der Waals surface area contributed by atoms with Crippen molar-refractivity contribution >= 4 is 5.82 Å². The SMILES string of the molecule is Cn1c(=O)cc(N)n(-c2ccc(OCCCN3CCN(C(c4ccccc4)c4ccccc4)CC3)cc2)c1=O. The quantitative estimate of drug-likeness (QED) is 0.338. The fourth-order valence-electron chi connectivity index (χ4n) is 5.20. The van der Waals surface area contributed by atoms with Crippen LogP contribution in [-0.4, -0.2) is 58.3 Å². The second kappa shape index (κ2) is 12.1. The van der Waals surface area contributed by atoms with Crippen LogP contribution in [0.3, 0.4) is 0 Å². The maximum Gasteiger partial charge on any atom is 0.336 e. The van der Waals surface area contributed by atoms with Crippen molar-refractivity contribution in [3.8, 4) is 11.4 Å². The molecule has 2 N–H and O–H groups in total. The number of nitrogen functional groups attached to an aromatic ring is 1. The zero-order chi connectivity index (χ0) is 27.2. The van der Waals surface area contributed by atoms with E-state index in [1.807, 2.05) is 12.1 Å². The van der Waals surface area contributed by atoms with Crippen LogP contribution in [0.25, 0.3) is 5.69 Å². The number of rotatable bonds is 9. The average molecular weight is 526 g/mol. The minimum Gasteiger partial charge on any atom is -0.494 e. The Labute approximate surface area is 228 Å². The topological polar surface area (TPSA) is 85.7 Å². The fourth-order valence-corrected chi connectivity index (χ4v) is 5.20. The molecule has 1 aliphatic heterocycles. The number of piperazine rings is 1. The van der Waals surface area contributed by atoms with Crippen molar-refractivity contribution in [2.75, 3.05) is 45.1 Å². The van der Waals surface area contributed by atoms with Gasteiger partial charge < -0.3 is 15.4 Å². The molecule has 0 spiro atoms. The molecule has 1 aliphatic rings. The molecule has 202 valence electrons. The summed E-state index contributed by atoms with van der Waals surface area (Å²) in [4.78, 5) is 29.3. The number of nitrogens with two attached hydrogens (primary N) is 1. The lowest BCUT2D eigenvalue weighted by Crippen LogP contribution is -2.48. The van der Waals surface area contributed by atoms with E-state index in [1.54, 1.807) is 12.1 Å². The van der Waals surface area contributed by atoms with Crippen LogP contribution in [0.1, 0.15) is 23.6 Å². The van der Waals surface area contributed by atoms with Gasteiger partial charge in [0.2, 0.25) is 0 Å². The highest BCUT2D eigenvalue weighted by Crippen LogP contribution is 2.29. The third-order valence-corrected chi connectivity index (χ3v) is 7.32. The van der Waals surface area contributed by atoms with Gasteiger partial charge in [0.15, 0.2) is 0 Å². The lowest BCUT2D eigenvalue weighted by atomic mass is 9.96. The number of hydrogen-bond donors (Lipinski definition) is 1. The first-order chi connectivity index (χ1) is 19.0. The lowest BCUT2D eigenvalue weighted by Gasteiger charge is -2.39. The molecule has 0 radical (unpaired) electrons. The van der Waals surface area contributed by atoms with E-state index in [-0.39, 0.29) is 11.9 Å². The Balaban J connectivity index is 1.11. The summed E-state index contributed by atoms with van der Waals surface area (Å²) in [5.74, 6) is 0.837. The Morgan fingerprint density at radius 3 is 2.00 bits per heavy atom.